The molecule has 0 aliphatic rings. The van der Waals surface area contributed by atoms with E-state index in [9.17, 15) is 4.79 Å². The van der Waals surface area contributed by atoms with Crippen LogP contribution in [-0.2, 0) is 9.53 Å². The molecule has 15 heavy (non-hydrogen) atoms. The monoisotopic (exact) mass is 206 g/mol. The van der Waals surface area contributed by atoms with Gasteiger partial charge < -0.3 is 4.74 Å². The summed E-state index contributed by atoms with van der Waals surface area (Å²) in [6.45, 7) is 4.25. The largest absolute Gasteiger partial charge is 0.469 e. The Bertz CT molecular complexity index is 304. The molecule has 0 saturated heterocycles. The number of hydrogen-bond acceptors (Lipinski definition) is 2. The molecule has 0 spiro atoms. The summed E-state index contributed by atoms with van der Waals surface area (Å²) in [5.41, 5.74) is 1.21. The quantitative estimate of drug-likeness (QED) is 0.708. The Balaban J connectivity index is 2.79. The van der Waals surface area contributed by atoms with E-state index in [1.165, 1.54) is 12.7 Å². The average Bonchev–Trinajstić information content (AvgIpc) is 2.26. The normalized spacial score (nSPS) is 12.5. The second kappa shape index (κ2) is 5.54. The van der Waals surface area contributed by atoms with E-state index in [1.807, 2.05) is 18.2 Å². The predicted octanol–water partition coefficient (Wildman–Crippen LogP) is 2.99. The Labute approximate surface area is 91.3 Å². The minimum absolute atomic E-state index is 0.141. The summed E-state index contributed by atoms with van der Waals surface area (Å²) in [6.07, 6.45) is 0.457. The fourth-order valence-electron chi connectivity index (χ4n) is 1.70. The maximum atomic E-state index is 11.3. The predicted molar refractivity (Wildman–Crippen MR) is 60.7 cm³/mol. The van der Waals surface area contributed by atoms with Crippen molar-refractivity contribution in [2.45, 2.75) is 26.2 Å². The molecule has 0 fully saturated rings. The maximum Gasteiger partial charge on any atom is 0.306 e. The number of carbonyl (C=O) groups excluding carboxylic acids is 1. The molecule has 82 valence electrons. The second-order valence-corrected chi connectivity index (χ2v) is 4.04. The number of esters is 1. The van der Waals surface area contributed by atoms with Gasteiger partial charge in [0, 0.05) is 0 Å². The summed E-state index contributed by atoms with van der Waals surface area (Å²) in [5.74, 6) is 0.544. The first-order valence-corrected chi connectivity index (χ1v) is 5.27. The Morgan fingerprint density at radius 2 is 1.87 bits per heavy atom. The van der Waals surface area contributed by atoms with Crippen LogP contribution >= 0.6 is 0 Å². The first-order chi connectivity index (χ1) is 7.15. The molecule has 0 aliphatic carbocycles. The highest BCUT2D eigenvalue weighted by Crippen LogP contribution is 2.27. The summed E-state index contributed by atoms with van der Waals surface area (Å²) in [6, 6.07) is 10.1. The fraction of sp³-hybridized carbons (Fsp3) is 0.462. The van der Waals surface area contributed by atoms with E-state index < -0.39 is 0 Å². The fourth-order valence-corrected chi connectivity index (χ4v) is 1.70. The van der Waals surface area contributed by atoms with Crippen molar-refractivity contribution in [2.24, 2.45) is 5.92 Å². The van der Waals surface area contributed by atoms with Crippen LogP contribution in [-0.4, -0.2) is 13.1 Å². The van der Waals surface area contributed by atoms with Crippen LogP contribution in [0.1, 0.15) is 31.7 Å². The zero-order chi connectivity index (χ0) is 11.3. The van der Waals surface area contributed by atoms with E-state index >= 15 is 0 Å². The molecule has 0 aromatic heterocycles. The van der Waals surface area contributed by atoms with Crippen molar-refractivity contribution in [3.8, 4) is 0 Å². The van der Waals surface area contributed by atoms with Gasteiger partial charge in [-0.05, 0) is 17.4 Å². The molecule has 0 radical (unpaired) electrons. The number of rotatable bonds is 4. The Morgan fingerprint density at radius 1 is 1.27 bits per heavy atom. The van der Waals surface area contributed by atoms with Crippen molar-refractivity contribution >= 4 is 5.97 Å². The third-order valence-electron chi connectivity index (χ3n) is 2.65. The molecule has 1 aromatic carbocycles. The summed E-state index contributed by atoms with van der Waals surface area (Å²) >= 11 is 0. The van der Waals surface area contributed by atoms with Crippen LogP contribution < -0.4 is 0 Å². The van der Waals surface area contributed by atoms with Crippen LogP contribution in [0.3, 0.4) is 0 Å². The van der Waals surface area contributed by atoms with Crippen LogP contribution in [0.15, 0.2) is 30.3 Å². The van der Waals surface area contributed by atoms with Gasteiger partial charge in [0.2, 0.25) is 0 Å². The maximum absolute atomic E-state index is 11.3. The summed E-state index contributed by atoms with van der Waals surface area (Å²) in [4.78, 5) is 11.3. The van der Waals surface area contributed by atoms with Crippen LogP contribution in [0.2, 0.25) is 0 Å². The number of methoxy groups -OCH3 is 1. The average molecular weight is 206 g/mol. The summed E-state index contributed by atoms with van der Waals surface area (Å²) in [5, 5.41) is 0. The smallest absolute Gasteiger partial charge is 0.306 e. The lowest BCUT2D eigenvalue weighted by Gasteiger charge is -2.19. The van der Waals surface area contributed by atoms with Crippen LogP contribution in [0, 0.1) is 5.92 Å². The summed E-state index contributed by atoms with van der Waals surface area (Å²) in [7, 11) is 1.44. The molecule has 1 rings (SSSR count). The van der Waals surface area contributed by atoms with Gasteiger partial charge in [-0.3, -0.25) is 4.79 Å². The lowest BCUT2D eigenvalue weighted by Crippen LogP contribution is -2.13. The van der Waals surface area contributed by atoms with Crippen LogP contribution in [0.4, 0.5) is 0 Å². The SMILES string of the molecule is COC(=O)C[C@@H](c1ccccc1)C(C)C. The van der Waals surface area contributed by atoms with Crippen LogP contribution in [0.25, 0.3) is 0 Å². The van der Waals surface area contributed by atoms with Gasteiger partial charge in [-0.15, -0.1) is 0 Å². The molecule has 0 unspecified atom stereocenters. The standard InChI is InChI=1S/C13H18O2/c1-10(2)12(9-13(14)15-3)11-7-5-4-6-8-11/h4-8,10,12H,9H2,1-3H3/t12-/m1/s1. The van der Waals surface area contributed by atoms with Gasteiger partial charge in [0.25, 0.3) is 0 Å². The van der Waals surface area contributed by atoms with Gasteiger partial charge in [0.05, 0.1) is 13.5 Å². The minimum Gasteiger partial charge on any atom is -0.469 e. The van der Waals surface area contributed by atoms with Crippen molar-refractivity contribution in [3.63, 3.8) is 0 Å². The number of carbonyl (C=O) groups is 1. The molecule has 0 N–H and O–H groups in total. The van der Waals surface area contributed by atoms with E-state index in [0.717, 1.165) is 0 Å². The molecule has 2 heteroatoms. The van der Waals surface area contributed by atoms with Gasteiger partial charge >= 0.3 is 5.97 Å². The zero-order valence-corrected chi connectivity index (χ0v) is 9.57. The Kier molecular flexibility index (Phi) is 4.35. The molecule has 1 atom stereocenters. The van der Waals surface area contributed by atoms with E-state index in [1.54, 1.807) is 0 Å². The topological polar surface area (TPSA) is 26.3 Å². The minimum atomic E-state index is -0.141. The highest BCUT2D eigenvalue weighted by Gasteiger charge is 2.19. The van der Waals surface area contributed by atoms with Crippen molar-refractivity contribution in [1.82, 2.24) is 0 Å². The first kappa shape index (κ1) is 11.8. The Hall–Kier alpha value is -1.31. The van der Waals surface area contributed by atoms with Gasteiger partial charge in [-0.2, -0.15) is 0 Å². The third kappa shape index (κ3) is 3.39. The van der Waals surface area contributed by atoms with E-state index in [2.05, 4.69) is 26.0 Å². The second-order valence-electron chi connectivity index (χ2n) is 4.04. The molecule has 0 bridgehead atoms. The molecular weight excluding hydrogens is 188 g/mol. The number of ether oxygens (including phenoxy) is 1. The van der Waals surface area contributed by atoms with Gasteiger partial charge in [0.1, 0.15) is 0 Å². The van der Waals surface area contributed by atoms with Crippen LogP contribution in [0.5, 0.6) is 0 Å². The van der Waals surface area contributed by atoms with Crippen molar-refractivity contribution in [3.05, 3.63) is 35.9 Å². The lowest BCUT2D eigenvalue weighted by molar-refractivity contribution is -0.141. The number of benzene rings is 1. The third-order valence-corrected chi connectivity index (χ3v) is 2.65. The molecule has 0 aliphatic heterocycles. The van der Waals surface area contributed by atoms with Crippen molar-refractivity contribution in [1.29, 1.82) is 0 Å². The van der Waals surface area contributed by atoms with Gasteiger partial charge in [-0.25, -0.2) is 0 Å². The lowest BCUT2D eigenvalue weighted by atomic mass is 9.86. The van der Waals surface area contributed by atoms with Crippen molar-refractivity contribution in [2.75, 3.05) is 7.11 Å². The molecule has 1 aromatic rings. The highest BCUT2D eigenvalue weighted by atomic mass is 16.5. The first-order valence-electron chi connectivity index (χ1n) is 5.27. The van der Waals surface area contributed by atoms with Gasteiger partial charge in [-0.1, -0.05) is 44.2 Å². The molecule has 0 heterocycles. The summed E-state index contributed by atoms with van der Waals surface area (Å²) < 4.78 is 4.71. The molecular formula is C13H18O2. The molecule has 2 nitrogen and oxygen atoms in total. The Morgan fingerprint density at radius 3 is 2.33 bits per heavy atom. The highest BCUT2D eigenvalue weighted by molar-refractivity contribution is 5.70. The number of hydrogen-bond donors (Lipinski definition) is 0. The molecule has 0 saturated carbocycles. The van der Waals surface area contributed by atoms with E-state index in [4.69, 9.17) is 4.74 Å². The zero-order valence-electron chi connectivity index (χ0n) is 9.57. The molecule has 0 amide bonds. The van der Waals surface area contributed by atoms with Gasteiger partial charge in [0.15, 0.2) is 0 Å². The van der Waals surface area contributed by atoms with E-state index in [-0.39, 0.29) is 11.9 Å². The van der Waals surface area contributed by atoms with E-state index in [0.29, 0.717) is 12.3 Å². The van der Waals surface area contributed by atoms with Crippen molar-refractivity contribution < 1.29 is 9.53 Å².